The van der Waals surface area contributed by atoms with E-state index < -0.39 is 23.1 Å². The van der Waals surface area contributed by atoms with Crippen molar-refractivity contribution in [3.8, 4) is 0 Å². The van der Waals surface area contributed by atoms with E-state index in [-0.39, 0.29) is 25.7 Å². The van der Waals surface area contributed by atoms with Gasteiger partial charge in [-0.2, -0.15) is 25.8 Å². The van der Waals surface area contributed by atoms with Crippen molar-refractivity contribution in [3.63, 3.8) is 0 Å². The number of alkyl halides is 3. The van der Waals surface area contributed by atoms with Crippen molar-refractivity contribution in [2.75, 3.05) is 5.32 Å². The number of aromatic amines is 1. The minimum absolute atomic E-state index is 0.128. The third-order valence-electron chi connectivity index (χ3n) is 4.23. The highest BCUT2D eigenvalue weighted by Crippen LogP contribution is 2.46. The van der Waals surface area contributed by atoms with Gasteiger partial charge in [0.15, 0.2) is 0 Å². The standard InChI is InChI=1S/C15H16F3N3O2S/c16-15(17,18)14(24)5-3-9(4-6-14)23-13(22)21-11-8-20-10-2-1-7-19-12(10)11/h1-2,7-9,20,24H,3-6H2,(H,21,22). The summed E-state index contributed by atoms with van der Waals surface area (Å²) in [5, 5.41) is 2.57. The van der Waals surface area contributed by atoms with Crippen LogP contribution >= 0.6 is 12.6 Å². The molecule has 0 radical (unpaired) electrons. The fraction of sp³-hybridized carbons (Fsp3) is 0.467. The van der Waals surface area contributed by atoms with Gasteiger partial charge in [0.25, 0.3) is 0 Å². The van der Waals surface area contributed by atoms with E-state index in [2.05, 4.69) is 27.9 Å². The first kappa shape index (κ1) is 16.9. The zero-order valence-corrected chi connectivity index (χ0v) is 13.5. The number of hydrogen-bond donors (Lipinski definition) is 3. The molecular weight excluding hydrogens is 343 g/mol. The van der Waals surface area contributed by atoms with Gasteiger partial charge in [0, 0.05) is 12.4 Å². The van der Waals surface area contributed by atoms with Crippen molar-refractivity contribution in [2.45, 2.75) is 42.7 Å². The Morgan fingerprint density at radius 3 is 2.79 bits per heavy atom. The number of hydrogen-bond acceptors (Lipinski definition) is 4. The van der Waals surface area contributed by atoms with Gasteiger partial charge in [0.05, 0.1) is 11.2 Å². The molecule has 24 heavy (non-hydrogen) atoms. The summed E-state index contributed by atoms with van der Waals surface area (Å²) in [7, 11) is 0. The summed E-state index contributed by atoms with van der Waals surface area (Å²) in [6.07, 6.45) is -2.53. The van der Waals surface area contributed by atoms with E-state index in [1.54, 1.807) is 18.5 Å². The highest BCUT2D eigenvalue weighted by Gasteiger charge is 2.53. The Morgan fingerprint density at radius 1 is 1.42 bits per heavy atom. The van der Waals surface area contributed by atoms with Gasteiger partial charge in [-0.25, -0.2) is 4.79 Å². The number of nitrogens with one attached hydrogen (secondary N) is 2. The van der Waals surface area contributed by atoms with Crippen molar-refractivity contribution < 1.29 is 22.7 Å². The third kappa shape index (κ3) is 3.31. The average Bonchev–Trinajstić information content (AvgIpc) is 2.92. The second kappa shape index (κ2) is 6.19. The first-order valence-electron chi connectivity index (χ1n) is 7.47. The monoisotopic (exact) mass is 359 g/mol. The number of carbonyl (C=O) groups excluding carboxylic acids is 1. The van der Waals surface area contributed by atoms with Crippen LogP contribution in [-0.2, 0) is 4.74 Å². The first-order valence-corrected chi connectivity index (χ1v) is 7.92. The van der Waals surface area contributed by atoms with Gasteiger partial charge in [0.1, 0.15) is 16.4 Å². The summed E-state index contributed by atoms with van der Waals surface area (Å²) in [5.41, 5.74) is 1.81. The summed E-state index contributed by atoms with van der Waals surface area (Å²) in [6, 6.07) is 3.57. The van der Waals surface area contributed by atoms with Gasteiger partial charge >= 0.3 is 12.3 Å². The summed E-state index contributed by atoms with van der Waals surface area (Å²) >= 11 is 3.78. The molecule has 2 aromatic heterocycles. The summed E-state index contributed by atoms with van der Waals surface area (Å²) in [6.45, 7) is 0. The molecule has 0 unspecified atom stereocenters. The number of pyridine rings is 1. The van der Waals surface area contributed by atoms with Crippen LogP contribution in [0.3, 0.4) is 0 Å². The molecule has 2 heterocycles. The predicted molar refractivity (Wildman–Crippen MR) is 86.2 cm³/mol. The number of H-pyrrole nitrogens is 1. The lowest BCUT2D eigenvalue weighted by atomic mass is 9.86. The van der Waals surface area contributed by atoms with E-state index in [9.17, 15) is 18.0 Å². The predicted octanol–water partition coefficient (Wildman–Crippen LogP) is 4.28. The number of carbonyl (C=O) groups is 1. The summed E-state index contributed by atoms with van der Waals surface area (Å²) in [4.78, 5) is 19.1. The lowest BCUT2D eigenvalue weighted by Gasteiger charge is -2.37. The van der Waals surface area contributed by atoms with Crippen molar-refractivity contribution in [2.24, 2.45) is 0 Å². The maximum absolute atomic E-state index is 12.9. The highest BCUT2D eigenvalue weighted by molar-refractivity contribution is 7.81. The second-order valence-corrected chi connectivity index (χ2v) is 6.72. The normalized spacial score (nSPS) is 24.8. The van der Waals surface area contributed by atoms with Crippen LogP contribution in [-0.4, -0.2) is 33.1 Å². The Balaban J connectivity index is 1.57. The van der Waals surface area contributed by atoms with Gasteiger partial charge in [0.2, 0.25) is 0 Å². The number of nitrogens with zero attached hydrogens (tertiary/aromatic N) is 1. The van der Waals surface area contributed by atoms with E-state index in [0.29, 0.717) is 11.2 Å². The fourth-order valence-corrected chi connectivity index (χ4v) is 3.07. The Kier molecular flexibility index (Phi) is 4.37. The number of thiol groups is 1. The molecule has 1 fully saturated rings. The van der Waals surface area contributed by atoms with Gasteiger partial charge in [-0.1, -0.05) is 0 Å². The topological polar surface area (TPSA) is 67.0 Å². The minimum atomic E-state index is -4.36. The molecule has 1 aliphatic carbocycles. The van der Waals surface area contributed by atoms with Gasteiger partial charge < -0.3 is 9.72 Å². The maximum atomic E-state index is 12.9. The van der Waals surface area contributed by atoms with E-state index in [4.69, 9.17) is 4.74 Å². The van der Waals surface area contributed by atoms with Gasteiger partial charge in [-0.15, -0.1) is 0 Å². The van der Waals surface area contributed by atoms with Crippen molar-refractivity contribution in [3.05, 3.63) is 24.5 Å². The third-order valence-corrected chi connectivity index (χ3v) is 4.93. The number of halogens is 3. The SMILES string of the molecule is O=C(Nc1c[nH]c2cccnc12)OC1CCC(S)(C(F)(F)F)CC1. The Hall–Kier alpha value is -1.90. The van der Waals surface area contributed by atoms with E-state index in [0.717, 1.165) is 5.52 Å². The molecule has 5 nitrogen and oxygen atoms in total. The number of aromatic nitrogens is 2. The van der Waals surface area contributed by atoms with Gasteiger partial charge in [-0.3, -0.25) is 10.3 Å². The van der Waals surface area contributed by atoms with E-state index in [1.165, 1.54) is 0 Å². The van der Waals surface area contributed by atoms with Crippen LogP contribution in [0.15, 0.2) is 24.5 Å². The fourth-order valence-electron chi connectivity index (χ4n) is 2.81. The molecule has 0 aromatic carbocycles. The highest BCUT2D eigenvalue weighted by atomic mass is 32.1. The Bertz CT molecular complexity index is 739. The van der Waals surface area contributed by atoms with Crippen LogP contribution in [0.4, 0.5) is 23.7 Å². The Morgan fingerprint density at radius 2 is 2.12 bits per heavy atom. The molecule has 1 aliphatic rings. The molecule has 0 spiro atoms. The molecule has 1 saturated carbocycles. The number of rotatable bonds is 2. The number of fused-ring (bicyclic) bond motifs is 1. The zero-order chi connectivity index (χ0) is 17.4. The van der Waals surface area contributed by atoms with E-state index >= 15 is 0 Å². The molecule has 0 saturated heterocycles. The summed E-state index contributed by atoms with van der Waals surface area (Å²) < 4.78 is 42.0. The zero-order valence-electron chi connectivity index (χ0n) is 12.6. The molecule has 2 N–H and O–H groups in total. The molecule has 0 atom stereocenters. The van der Waals surface area contributed by atoms with Crippen LogP contribution in [0.5, 0.6) is 0 Å². The van der Waals surface area contributed by atoms with Crippen LogP contribution in [0.1, 0.15) is 25.7 Å². The number of ether oxygens (including phenoxy) is 1. The average molecular weight is 359 g/mol. The molecule has 0 bridgehead atoms. The lowest BCUT2D eigenvalue weighted by Crippen LogP contribution is -2.44. The molecule has 0 aliphatic heterocycles. The second-order valence-electron chi connectivity index (χ2n) is 5.86. The van der Waals surface area contributed by atoms with Crippen LogP contribution in [0, 0.1) is 0 Å². The smallest absolute Gasteiger partial charge is 0.412 e. The van der Waals surface area contributed by atoms with Crippen molar-refractivity contribution in [1.29, 1.82) is 0 Å². The van der Waals surface area contributed by atoms with Crippen molar-refractivity contribution in [1.82, 2.24) is 9.97 Å². The molecule has 9 heteroatoms. The minimum Gasteiger partial charge on any atom is -0.446 e. The molecule has 3 rings (SSSR count). The summed E-state index contributed by atoms with van der Waals surface area (Å²) in [5.74, 6) is 0. The lowest BCUT2D eigenvalue weighted by molar-refractivity contribution is -0.169. The first-order chi connectivity index (χ1) is 11.3. The number of amides is 1. The van der Waals surface area contributed by atoms with Crippen LogP contribution < -0.4 is 5.32 Å². The molecule has 2 aromatic rings. The number of anilines is 1. The van der Waals surface area contributed by atoms with Crippen LogP contribution in [0.2, 0.25) is 0 Å². The quantitative estimate of drug-likeness (QED) is 0.701. The van der Waals surface area contributed by atoms with E-state index in [1.807, 2.05) is 6.07 Å². The Labute approximate surface area is 141 Å². The molecule has 1 amide bonds. The molecular formula is C15H16F3N3O2S. The molecule has 130 valence electrons. The maximum Gasteiger partial charge on any atom is 0.412 e. The van der Waals surface area contributed by atoms with Gasteiger partial charge in [-0.05, 0) is 37.8 Å². The van der Waals surface area contributed by atoms with Crippen LogP contribution in [0.25, 0.3) is 11.0 Å². The van der Waals surface area contributed by atoms with Crippen molar-refractivity contribution >= 4 is 35.4 Å². The largest absolute Gasteiger partial charge is 0.446 e.